The van der Waals surface area contributed by atoms with Crippen LogP contribution in [0.3, 0.4) is 0 Å². The maximum atomic E-state index is 14.1. The lowest BCUT2D eigenvalue weighted by molar-refractivity contribution is -0.137. The Labute approximate surface area is 150 Å². The van der Waals surface area contributed by atoms with E-state index >= 15 is 0 Å². The van der Waals surface area contributed by atoms with E-state index in [1.165, 1.54) is 13.1 Å². The van der Waals surface area contributed by atoms with Crippen molar-refractivity contribution in [2.24, 2.45) is 0 Å². The molecule has 1 N–H and O–H groups in total. The molecule has 0 atom stereocenters. The minimum absolute atomic E-state index is 0.0854. The molecule has 3 aromatic carbocycles. The Hall–Kier alpha value is -2.39. The fourth-order valence-corrected chi connectivity index (χ4v) is 5.34. The lowest BCUT2D eigenvalue weighted by Crippen LogP contribution is -2.25. The van der Waals surface area contributed by atoms with Crippen LogP contribution in [0.25, 0.3) is 0 Å². The van der Waals surface area contributed by atoms with E-state index in [-0.39, 0.29) is 5.69 Å². The van der Waals surface area contributed by atoms with Gasteiger partial charge in [0, 0.05) is 12.4 Å². The number of benzene rings is 3. The molecule has 0 fully saturated rings. The molecule has 0 heterocycles. The molecule has 0 amide bonds. The first-order valence-electron chi connectivity index (χ1n) is 7.90. The second-order valence-corrected chi connectivity index (χ2v) is 7.79. The van der Waals surface area contributed by atoms with E-state index in [1.807, 2.05) is 60.7 Å². The van der Waals surface area contributed by atoms with Crippen LogP contribution in [0.5, 0.6) is 0 Å². The molecule has 6 heteroatoms. The summed E-state index contributed by atoms with van der Waals surface area (Å²) in [5.41, 5.74) is -1.08. The van der Waals surface area contributed by atoms with Gasteiger partial charge in [0.25, 0.3) is 0 Å². The third-order valence-corrected chi connectivity index (χ3v) is 6.37. The zero-order valence-corrected chi connectivity index (χ0v) is 14.8. The minimum Gasteiger partial charge on any atom is -0.387 e. The summed E-state index contributed by atoms with van der Waals surface area (Å²) < 4.78 is 54.5. The third kappa shape index (κ3) is 3.73. The van der Waals surface area contributed by atoms with E-state index in [1.54, 1.807) is 0 Å². The fourth-order valence-electron chi connectivity index (χ4n) is 2.84. The van der Waals surface area contributed by atoms with Gasteiger partial charge in [-0.25, -0.2) is 4.39 Å². The van der Waals surface area contributed by atoms with Gasteiger partial charge >= 0.3 is 6.18 Å². The van der Waals surface area contributed by atoms with E-state index in [9.17, 15) is 17.6 Å². The maximum absolute atomic E-state index is 14.1. The van der Waals surface area contributed by atoms with Gasteiger partial charge in [0.05, 0.1) is 11.3 Å². The Kier molecular flexibility index (Phi) is 5.28. The standard InChI is InChI=1S/C20H16F4NP/c1-25-19-17(20(22,23)24)12-14(21)13-18(19)26(15-8-4-2-5-9-15)16-10-6-3-7-11-16/h2-13,25H,1H3. The molecule has 0 saturated heterocycles. The first-order valence-corrected chi connectivity index (χ1v) is 9.24. The highest BCUT2D eigenvalue weighted by Crippen LogP contribution is 2.41. The van der Waals surface area contributed by atoms with E-state index in [0.29, 0.717) is 11.4 Å². The van der Waals surface area contributed by atoms with Crippen LogP contribution in [0.15, 0.2) is 72.8 Å². The van der Waals surface area contributed by atoms with Crippen LogP contribution in [-0.4, -0.2) is 7.05 Å². The molecule has 0 radical (unpaired) electrons. The summed E-state index contributed by atoms with van der Waals surface area (Å²) in [5.74, 6) is -0.898. The van der Waals surface area contributed by atoms with Crippen molar-refractivity contribution in [2.45, 2.75) is 6.18 Å². The molecule has 0 aliphatic carbocycles. The molecule has 3 aromatic rings. The average molecular weight is 377 g/mol. The van der Waals surface area contributed by atoms with Crippen LogP contribution in [0.4, 0.5) is 23.2 Å². The Bertz CT molecular complexity index is 840. The largest absolute Gasteiger partial charge is 0.418 e. The lowest BCUT2D eigenvalue weighted by Gasteiger charge is -2.24. The Morgan fingerprint density at radius 1 is 0.808 bits per heavy atom. The first kappa shape index (κ1) is 18.4. The number of halogens is 4. The van der Waals surface area contributed by atoms with Crippen LogP contribution in [-0.2, 0) is 6.18 Å². The van der Waals surface area contributed by atoms with Gasteiger partial charge in [-0.05, 0) is 30.7 Å². The van der Waals surface area contributed by atoms with Gasteiger partial charge in [-0.3, -0.25) is 0 Å². The van der Waals surface area contributed by atoms with Crippen LogP contribution in [0, 0.1) is 5.82 Å². The third-order valence-electron chi connectivity index (χ3n) is 3.91. The molecule has 0 aliphatic rings. The Morgan fingerprint density at radius 3 is 1.73 bits per heavy atom. The van der Waals surface area contributed by atoms with Gasteiger partial charge < -0.3 is 5.32 Å². The summed E-state index contributed by atoms with van der Waals surface area (Å²) >= 11 is 0. The van der Waals surface area contributed by atoms with Crippen molar-refractivity contribution in [2.75, 3.05) is 12.4 Å². The highest BCUT2D eigenvalue weighted by atomic mass is 31.1. The van der Waals surface area contributed by atoms with Gasteiger partial charge in [0.2, 0.25) is 0 Å². The van der Waals surface area contributed by atoms with Crippen molar-refractivity contribution in [3.05, 3.63) is 84.2 Å². The van der Waals surface area contributed by atoms with Gasteiger partial charge in [0.1, 0.15) is 5.82 Å². The molecule has 0 spiro atoms. The van der Waals surface area contributed by atoms with Crippen LogP contribution >= 0.6 is 7.92 Å². The molecule has 3 rings (SSSR count). The molecule has 1 nitrogen and oxygen atoms in total. The summed E-state index contributed by atoms with van der Waals surface area (Å²) in [6, 6.07) is 20.2. The van der Waals surface area contributed by atoms with Gasteiger partial charge in [-0.1, -0.05) is 60.7 Å². The Morgan fingerprint density at radius 2 is 1.31 bits per heavy atom. The number of hydrogen-bond acceptors (Lipinski definition) is 1. The quantitative estimate of drug-likeness (QED) is 0.516. The molecule has 26 heavy (non-hydrogen) atoms. The summed E-state index contributed by atoms with van der Waals surface area (Å²) in [5, 5.41) is 4.66. The molecule has 0 aliphatic heterocycles. The predicted molar refractivity (Wildman–Crippen MR) is 99.7 cm³/mol. The number of rotatable bonds is 4. The predicted octanol–water partition coefficient (Wildman–Crippen LogP) is 4.64. The van der Waals surface area contributed by atoms with Gasteiger partial charge in [0.15, 0.2) is 0 Å². The number of hydrogen-bond donors (Lipinski definition) is 1. The molecule has 0 aromatic heterocycles. The van der Waals surface area contributed by atoms with Crippen LogP contribution < -0.4 is 21.2 Å². The number of anilines is 1. The summed E-state index contributed by atoms with van der Waals surface area (Å²) in [6.07, 6.45) is -4.65. The van der Waals surface area contributed by atoms with Crippen molar-refractivity contribution in [3.8, 4) is 0 Å². The second-order valence-electron chi connectivity index (χ2n) is 5.60. The normalized spacial score (nSPS) is 11.6. The summed E-state index contributed by atoms with van der Waals surface area (Å²) in [7, 11) is 0.0714. The highest BCUT2D eigenvalue weighted by molar-refractivity contribution is 7.80. The number of alkyl halides is 3. The molecule has 0 bridgehead atoms. The van der Waals surface area contributed by atoms with E-state index in [0.717, 1.165) is 10.6 Å². The topological polar surface area (TPSA) is 12.0 Å². The van der Waals surface area contributed by atoms with E-state index in [2.05, 4.69) is 5.32 Å². The maximum Gasteiger partial charge on any atom is 0.418 e. The smallest absolute Gasteiger partial charge is 0.387 e. The molecular weight excluding hydrogens is 361 g/mol. The van der Waals surface area contributed by atoms with E-state index in [4.69, 9.17) is 0 Å². The van der Waals surface area contributed by atoms with Crippen LogP contribution in [0.1, 0.15) is 5.56 Å². The molecular formula is C20H16F4NP. The highest BCUT2D eigenvalue weighted by Gasteiger charge is 2.36. The van der Waals surface area contributed by atoms with Crippen molar-refractivity contribution < 1.29 is 17.6 Å². The lowest BCUT2D eigenvalue weighted by atomic mass is 10.1. The summed E-state index contributed by atoms with van der Waals surface area (Å²) in [6.45, 7) is 0. The molecule has 134 valence electrons. The van der Waals surface area contributed by atoms with Gasteiger partial charge in [-0.2, -0.15) is 13.2 Å². The van der Waals surface area contributed by atoms with Crippen molar-refractivity contribution in [3.63, 3.8) is 0 Å². The minimum atomic E-state index is -4.65. The van der Waals surface area contributed by atoms with Crippen molar-refractivity contribution in [1.29, 1.82) is 0 Å². The van der Waals surface area contributed by atoms with Crippen LogP contribution in [0.2, 0.25) is 0 Å². The van der Waals surface area contributed by atoms with Crippen molar-refractivity contribution >= 4 is 29.5 Å². The molecule has 0 saturated carbocycles. The second kappa shape index (κ2) is 7.46. The molecule has 0 unspecified atom stereocenters. The zero-order valence-electron chi connectivity index (χ0n) is 13.9. The monoisotopic (exact) mass is 377 g/mol. The van der Waals surface area contributed by atoms with Gasteiger partial charge in [-0.15, -0.1) is 0 Å². The Balaban J connectivity index is 2.30. The first-order chi connectivity index (χ1) is 12.4. The van der Waals surface area contributed by atoms with Crippen molar-refractivity contribution in [1.82, 2.24) is 0 Å². The average Bonchev–Trinajstić information content (AvgIpc) is 2.63. The zero-order chi connectivity index (χ0) is 18.7. The SMILES string of the molecule is CNc1c(P(c2ccccc2)c2ccccc2)cc(F)cc1C(F)(F)F. The fraction of sp³-hybridized carbons (Fsp3) is 0.100. The van der Waals surface area contributed by atoms with E-state index < -0.39 is 25.5 Å². The summed E-state index contributed by atoms with van der Waals surface area (Å²) in [4.78, 5) is 0. The number of nitrogens with one attached hydrogen (secondary N) is 1.